The second-order valence-electron chi connectivity index (χ2n) is 4.06. The number of hydrogen-bond acceptors (Lipinski definition) is 4. The van der Waals surface area contributed by atoms with Crippen molar-refractivity contribution in [2.24, 2.45) is 5.73 Å². The van der Waals surface area contributed by atoms with Crippen molar-refractivity contribution in [3.05, 3.63) is 0 Å². The normalized spacial score (nSPS) is 20.6. The summed E-state index contributed by atoms with van der Waals surface area (Å²) in [5.41, 5.74) is 5.37. The average Bonchev–Trinajstić information content (AvgIpc) is 2.30. The van der Waals surface area contributed by atoms with Crippen LogP contribution in [-0.2, 0) is 14.3 Å². The topological polar surface area (TPSA) is 72.6 Å². The first-order chi connectivity index (χ1) is 7.69. The van der Waals surface area contributed by atoms with E-state index in [1.165, 1.54) is 7.11 Å². The number of nitrogens with two attached hydrogens (primary N) is 1. The molecule has 1 unspecified atom stereocenters. The van der Waals surface area contributed by atoms with E-state index in [0.717, 1.165) is 25.8 Å². The van der Waals surface area contributed by atoms with Gasteiger partial charge < -0.3 is 15.4 Å². The first-order valence-corrected chi connectivity index (χ1v) is 5.75. The molecule has 5 nitrogen and oxygen atoms in total. The lowest BCUT2D eigenvalue weighted by atomic mass is 9.99. The molecule has 0 aromatic heterocycles. The maximum absolute atomic E-state index is 11.8. The lowest BCUT2D eigenvalue weighted by Crippen LogP contribution is -2.45. The lowest BCUT2D eigenvalue weighted by molar-refractivity contribution is -0.144. The van der Waals surface area contributed by atoms with Crippen LogP contribution >= 0.6 is 0 Å². The summed E-state index contributed by atoms with van der Waals surface area (Å²) in [6.07, 6.45) is 3.61. The fraction of sp³-hybridized carbons (Fsp3) is 0.818. The third-order valence-electron chi connectivity index (χ3n) is 2.94. The minimum Gasteiger partial charge on any atom is -0.469 e. The van der Waals surface area contributed by atoms with E-state index in [4.69, 9.17) is 5.73 Å². The zero-order valence-corrected chi connectivity index (χ0v) is 9.78. The van der Waals surface area contributed by atoms with Crippen LogP contribution in [0.3, 0.4) is 0 Å². The summed E-state index contributed by atoms with van der Waals surface area (Å²) in [4.78, 5) is 24.8. The van der Waals surface area contributed by atoms with E-state index in [9.17, 15) is 9.59 Å². The summed E-state index contributed by atoms with van der Waals surface area (Å²) in [7, 11) is 1.37. The van der Waals surface area contributed by atoms with Gasteiger partial charge in [0.2, 0.25) is 5.91 Å². The van der Waals surface area contributed by atoms with Crippen molar-refractivity contribution in [2.75, 3.05) is 20.2 Å². The number of ether oxygens (including phenoxy) is 1. The first-order valence-electron chi connectivity index (χ1n) is 5.75. The van der Waals surface area contributed by atoms with E-state index in [-0.39, 0.29) is 17.9 Å². The van der Waals surface area contributed by atoms with E-state index in [1.54, 1.807) is 4.90 Å². The highest BCUT2D eigenvalue weighted by atomic mass is 16.5. The molecule has 1 amide bonds. The molecule has 0 aliphatic carbocycles. The van der Waals surface area contributed by atoms with Gasteiger partial charge in [-0.1, -0.05) is 0 Å². The molecule has 16 heavy (non-hydrogen) atoms. The molecule has 0 aromatic rings. The minimum absolute atomic E-state index is 0.000231. The Balaban J connectivity index is 2.56. The Kier molecular flexibility index (Phi) is 5.25. The van der Waals surface area contributed by atoms with Crippen LogP contribution in [0.25, 0.3) is 0 Å². The van der Waals surface area contributed by atoms with Gasteiger partial charge in [0.15, 0.2) is 0 Å². The fourth-order valence-electron chi connectivity index (χ4n) is 2.08. The van der Waals surface area contributed by atoms with Gasteiger partial charge in [-0.25, -0.2) is 0 Å². The smallest absolute Gasteiger partial charge is 0.307 e. The Bertz CT molecular complexity index is 256. The first kappa shape index (κ1) is 13.0. The minimum atomic E-state index is -0.252. The van der Waals surface area contributed by atoms with E-state index < -0.39 is 0 Å². The molecule has 1 aliphatic rings. The summed E-state index contributed by atoms with van der Waals surface area (Å²) in [5, 5.41) is 0. The number of nitrogens with zero attached hydrogens (tertiary/aromatic N) is 1. The molecule has 1 fully saturated rings. The summed E-state index contributed by atoms with van der Waals surface area (Å²) in [6, 6.07) is 0.000231. The van der Waals surface area contributed by atoms with Crippen molar-refractivity contribution >= 4 is 11.9 Å². The van der Waals surface area contributed by atoms with Gasteiger partial charge in [-0.15, -0.1) is 0 Å². The van der Waals surface area contributed by atoms with Crippen molar-refractivity contribution in [2.45, 2.75) is 38.1 Å². The Morgan fingerprint density at radius 1 is 1.44 bits per heavy atom. The van der Waals surface area contributed by atoms with Crippen LogP contribution in [0.1, 0.15) is 32.1 Å². The SMILES string of the molecule is COC(=O)CC1CCCCN1C(=O)CCN. The molecular weight excluding hydrogens is 208 g/mol. The number of amides is 1. The zero-order valence-electron chi connectivity index (χ0n) is 9.78. The highest BCUT2D eigenvalue weighted by Crippen LogP contribution is 2.20. The molecule has 1 atom stereocenters. The summed E-state index contributed by atoms with van der Waals surface area (Å²) in [5.74, 6) is -0.200. The van der Waals surface area contributed by atoms with Gasteiger partial charge in [0.25, 0.3) is 0 Å². The Morgan fingerprint density at radius 3 is 2.81 bits per heavy atom. The molecule has 2 N–H and O–H groups in total. The molecule has 0 aromatic carbocycles. The number of hydrogen-bond donors (Lipinski definition) is 1. The second-order valence-corrected chi connectivity index (χ2v) is 4.06. The van der Waals surface area contributed by atoms with Crippen LogP contribution in [0.15, 0.2) is 0 Å². The number of likely N-dealkylation sites (tertiary alicyclic amines) is 1. The van der Waals surface area contributed by atoms with Gasteiger partial charge in [0, 0.05) is 25.6 Å². The molecule has 0 radical (unpaired) electrons. The van der Waals surface area contributed by atoms with Crippen molar-refractivity contribution in [3.8, 4) is 0 Å². The summed E-state index contributed by atoms with van der Waals surface area (Å²) >= 11 is 0. The molecule has 1 saturated heterocycles. The van der Waals surface area contributed by atoms with E-state index in [1.807, 2.05) is 0 Å². The van der Waals surface area contributed by atoms with Crippen LogP contribution in [0.4, 0.5) is 0 Å². The molecular formula is C11H20N2O3. The number of piperidine rings is 1. The quantitative estimate of drug-likeness (QED) is 0.701. The Morgan fingerprint density at radius 2 is 2.19 bits per heavy atom. The van der Waals surface area contributed by atoms with Crippen molar-refractivity contribution in [3.63, 3.8) is 0 Å². The van der Waals surface area contributed by atoms with Gasteiger partial charge in [0.05, 0.1) is 13.5 Å². The molecule has 0 saturated carbocycles. The van der Waals surface area contributed by atoms with Crippen LogP contribution in [0, 0.1) is 0 Å². The predicted octanol–water partition coefficient (Wildman–Crippen LogP) is 0.279. The van der Waals surface area contributed by atoms with Gasteiger partial charge in [-0.05, 0) is 19.3 Å². The maximum Gasteiger partial charge on any atom is 0.307 e. The molecule has 1 heterocycles. The van der Waals surface area contributed by atoms with Crippen molar-refractivity contribution in [1.82, 2.24) is 4.90 Å². The summed E-state index contributed by atoms with van der Waals surface area (Å²) < 4.78 is 4.64. The second kappa shape index (κ2) is 6.48. The number of carbonyl (C=O) groups excluding carboxylic acids is 2. The number of methoxy groups -OCH3 is 1. The van der Waals surface area contributed by atoms with Crippen molar-refractivity contribution < 1.29 is 14.3 Å². The largest absolute Gasteiger partial charge is 0.469 e. The van der Waals surface area contributed by atoms with Crippen molar-refractivity contribution in [1.29, 1.82) is 0 Å². The molecule has 5 heteroatoms. The monoisotopic (exact) mass is 228 g/mol. The van der Waals surface area contributed by atoms with Gasteiger partial charge in [-0.3, -0.25) is 9.59 Å². The molecule has 1 aliphatic heterocycles. The van der Waals surface area contributed by atoms with E-state index in [0.29, 0.717) is 19.4 Å². The number of esters is 1. The van der Waals surface area contributed by atoms with Crippen LogP contribution < -0.4 is 5.73 Å². The third-order valence-corrected chi connectivity index (χ3v) is 2.94. The molecule has 1 rings (SSSR count). The highest BCUT2D eigenvalue weighted by molar-refractivity contribution is 5.78. The van der Waals surface area contributed by atoms with E-state index >= 15 is 0 Å². The third kappa shape index (κ3) is 3.48. The van der Waals surface area contributed by atoms with Gasteiger partial charge >= 0.3 is 5.97 Å². The Hall–Kier alpha value is -1.10. The average molecular weight is 228 g/mol. The zero-order chi connectivity index (χ0) is 12.0. The fourth-order valence-corrected chi connectivity index (χ4v) is 2.08. The molecule has 0 bridgehead atoms. The van der Waals surface area contributed by atoms with E-state index in [2.05, 4.69) is 4.74 Å². The summed E-state index contributed by atoms with van der Waals surface area (Å²) in [6.45, 7) is 1.10. The lowest BCUT2D eigenvalue weighted by Gasteiger charge is -2.35. The maximum atomic E-state index is 11.8. The highest BCUT2D eigenvalue weighted by Gasteiger charge is 2.28. The van der Waals surface area contributed by atoms with Gasteiger partial charge in [0.1, 0.15) is 0 Å². The van der Waals surface area contributed by atoms with Crippen LogP contribution in [0.2, 0.25) is 0 Å². The molecule has 92 valence electrons. The van der Waals surface area contributed by atoms with Crippen LogP contribution in [-0.4, -0.2) is 43.0 Å². The molecule has 0 spiro atoms. The Labute approximate surface area is 95.9 Å². The number of carbonyl (C=O) groups is 2. The predicted molar refractivity (Wildman–Crippen MR) is 59.7 cm³/mol. The standard InChI is InChI=1S/C11H20N2O3/c1-16-11(15)8-9-4-2-3-7-13(9)10(14)5-6-12/h9H,2-8,12H2,1H3. The number of rotatable bonds is 4. The van der Waals surface area contributed by atoms with Gasteiger partial charge in [-0.2, -0.15) is 0 Å². The van der Waals surface area contributed by atoms with Crippen LogP contribution in [0.5, 0.6) is 0 Å².